The van der Waals surface area contributed by atoms with Crippen molar-refractivity contribution in [3.8, 4) is 0 Å². The molecule has 0 saturated carbocycles. The first-order chi connectivity index (χ1) is 8.97. The van der Waals surface area contributed by atoms with E-state index in [0.717, 1.165) is 38.5 Å². The SMILES string of the molecule is CS(=O)(=O)N1CCCC(CC(O)C2CC=CCC2)C1. The van der Waals surface area contributed by atoms with Crippen LogP contribution >= 0.6 is 0 Å². The summed E-state index contributed by atoms with van der Waals surface area (Å²) in [5, 5.41) is 10.3. The molecular weight excluding hydrogens is 262 g/mol. The summed E-state index contributed by atoms with van der Waals surface area (Å²) >= 11 is 0. The van der Waals surface area contributed by atoms with Gasteiger partial charge in [-0.3, -0.25) is 0 Å². The Balaban J connectivity index is 1.86. The second-order valence-electron chi connectivity index (χ2n) is 5.98. The maximum atomic E-state index is 11.6. The fraction of sp³-hybridized carbons (Fsp3) is 0.857. The van der Waals surface area contributed by atoms with E-state index < -0.39 is 10.0 Å². The molecule has 3 atom stereocenters. The van der Waals surface area contributed by atoms with E-state index in [9.17, 15) is 13.5 Å². The third-order valence-electron chi connectivity index (χ3n) is 4.38. The standard InChI is InChI=1S/C14H25NO3S/c1-19(17,18)15-9-5-6-12(11-15)10-14(16)13-7-3-2-4-8-13/h2-3,12-14,16H,4-11H2,1H3. The Kier molecular flexibility index (Phi) is 5.03. The molecule has 0 aromatic rings. The number of hydrogen-bond acceptors (Lipinski definition) is 3. The fourth-order valence-corrected chi connectivity index (χ4v) is 4.16. The quantitative estimate of drug-likeness (QED) is 0.802. The Morgan fingerprint density at radius 2 is 2.16 bits per heavy atom. The van der Waals surface area contributed by atoms with Crippen molar-refractivity contribution in [3.05, 3.63) is 12.2 Å². The Labute approximate surface area is 116 Å². The molecule has 0 aromatic heterocycles. The first-order valence-electron chi connectivity index (χ1n) is 7.25. The molecule has 1 heterocycles. The van der Waals surface area contributed by atoms with Gasteiger partial charge in [-0.05, 0) is 50.4 Å². The molecule has 1 N–H and O–H groups in total. The van der Waals surface area contributed by atoms with Crippen LogP contribution in [0.1, 0.15) is 38.5 Å². The average molecular weight is 287 g/mol. The third-order valence-corrected chi connectivity index (χ3v) is 5.65. The molecule has 1 saturated heterocycles. The minimum atomic E-state index is -3.08. The highest BCUT2D eigenvalue weighted by molar-refractivity contribution is 7.88. The molecule has 1 aliphatic heterocycles. The van der Waals surface area contributed by atoms with E-state index in [-0.39, 0.29) is 6.10 Å². The minimum absolute atomic E-state index is 0.283. The number of rotatable bonds is 4. The molecule has 2 rings (SSSR count). The van der Waals surface area contributed by atoms with Crippen molar-refractivity contribution in [2.24, 2.45) is 11.8 Å². The number of piperidine rings is 1. The topological polar surface area (TPSA) is 57.6 Å². The lowest BCUT2D eigenvalue weighted by Gasteiger charge is -2.34. The van der Waals surface area contributed by atoms with Gasteiger partial charge in [0.05, 0.1) is 12.4 Å². The van der Waals surface area contributed by atoms with Crippen molar-refractivity contribution in [1.29, 1.82) is 0 Å². The van der Waals surface area contributed by atoms with Crippen LogP contribution in [0.2, 0.25) is 0 Å². The van der Waals surface area contributed by atoms with Crippen LogP contribution in [0.15, 0.2) is 12.2 Å². The number of hydrogen-bond donors (Lipinski definition) is 1. The third kappa shape index (κ3) is 4.29. The zero-order chi connectivity index (χ0) is 13.9. The summed E-state index contributed by atoms with van der Waals surface area (Å²) in [4.78, 5) is 0. The lowest BCUT2D eigenvalue weighted by Crippen LogP contribution is -2.40. The van der Waals surface area contributed by atoms with Crippen molar-refractivity contribution in [3.63, 3.8) is 0 Å². The van der Waals surface area contributed by atoms with Crippen molar-refractivity contribution >= 4 is 10.0 Å². The van der Waals surface area contributed by atoms with Gasteiger partial charge < -0.3 is 5.11 Å². The summed E-state index contributed by atoms with van der Waals surface area (Å²) in [6.45, 7) is 1.22. The van der Waals surface area contributed by atoms with Gasteiger partial charge in [-0.2, -0.15) is 0 Å². The van der Waals surface area contributed by atoms with Gasteiger partial charge in [-0.1, -0.05) is 12.2 Å². The Hall–Kier alpha value is -0.390. The van der Waals surface area contributed by atoms with Crippen molar-refractivity contribution in [2.75, 3.05) is 19.3 Å². The lowest BCUT2D eigenvalue weighted by molar-refractivity contribution is 0.0659. The minimum Gasteiger partial charge on any atom is -0.393 e. The van der Waals surface area contributed by atoms with Gasteiger partial charge in [-0.15, -0.1) is 0 Å². The van der Waals surface area contributed by atoms with Gasteiger partial charge in [0.1, 0.15) is 0 Å². The van der Waals surface area contributed by atoms with Gasteiger partial charge in [0.2, 0.25) is 10.0 Å². The molecular formula is C14H25NO3S. The molecule has 0 bridgehead atoms. The highest BCUT2D eigenvalue weighted by Gasteiger charge is 2.29. The number of aliphatic hydroxyl groups is 1. The van der Waals surface area contributed by atoms with Crippen LogP contribution in [0.3, 0.4) is 0 Å². The maximum absolute atomic E-state index is 11.6. The van der Waals surface area contributed by atoms with Crippen LogP contribution in [0.5, 0.6) is 0 Å². The van der Waals surface area contributed by atoms with Crippen molar-refractivity contribution in [2.45, 2.75) is 44.6 Å². The lowest BCUT2D eigenvalue weighted by atomic mass is 9.83. The Bertz CT molecular complexity index is 418. The largest absolute Gasteiger partial charge is 0.393 e. The van der Waals surface area contributed by atoms with Crippen LogP contribution < -0.4 is 0 Å². The van der Waals surface area contributed by atoms with Crippen LogP contribution in [-0.4, -0.2) is 43.3 Å². The van der Waals surface area contributed by atoms with E-state index in [2.05, 4.69) is 12.2 Å². The predicted molar refractivity (Wildman–Crippen MR) is 76.2 cm³/mol. The van der Waals surface area contributed by atoms with Gasteiger partial charge in [0.15, 0.2) is 0 Å². The van der Waals surface area contributed by atoms with Crippen molar-refractivity contribution < 1.29 is 13.5 Å². The molecule has 5 heteroatoms. The Morgan fingerprint density at radius 1 is 1.37 bits per heavy atom. The van der Waals surface area contributed by atoms with E-state index >= 15 is 0 Å². The Morgan fingerprint density at radius 3 is 2.79 bits per heavy atom. The molecule has 2 aliphatic rings. The van der Waals surface area contributed by atoms with Crippen LogP contribution in [0, 0.1) is 11.8 Å². The van der Waals surface area contributed by atoms with Crippen LogP contribution in [0.25, 0.3) is 0 Å². The molecule has 0 aromatic carbocycles. The highest BCUT2D eigenvalue weighted by atomic mass is 32.2. The summed E-state index contributed by atoms with van der Waals surface area (Å²) < 4.78 is 24.7. The zero-order valence-corrected chi connectivity index (χ0v) is 12.5. The van der Waals surface area contributed by atoms with Gasteiger partial charge in [0, 0.05) is 13.1 Å². The van der Waals surface area contributed by atoms with Crippen LogP contribution in [0.4, 0.5) is 0 Å². The summed E-state index contributed by atoms with van der Waals surface area (Å²) in [6.07, 6.45) is 11.1. The molecule has 19 heavy (non-hydrogen) atoms. The first kappa shape index (κ1) is 15.0. The van der Waals surface area contributed by atoms with Crippen molar-refractivity contribution in [1.82, 2.24) is 4.31 Å². The monoisotopic (exact) mass is 287 g/mol. The van der Waals surface area contributed by atoms with E-state index in [4.69, 9.17) is 0 Å². The van der Waals surface area contributed by atoms with Gasteiger partial charge in [-0.25, -0.2) is 12.7 Å². The fourth-order valence-electron chi connectivity index (χ4n) is 3.22. The molecule has 1 fully saturated rings. The average Bonchev–Trinajstić information content (AvgIpc) is 2.39. The predicted octanol–water partition coefficient (Wildman–Crippen LogP) is 1.77. The van der Waals surface area contributed by atoms with Gasteiger partial charge in [0.25, 0.3) is 0 Å². The van der Waals surface area contributed by atoms with E-state index in [1.54, 1.807) is 4.31 Å². The zero-order valence-electron chi connectivity index (χ0n) is 11.7. The van der Waals surface area contributed by atoms with E-state index in [0.29, 0.717) is 24.9 Å². The number of nitrogens with zero attached hydrogens (tertiary/aromatic N) is 1. The molecule has 4 nitrogen and oxygen atoms in total. The molecule has 1 aliphatic carbocycles. The molecule has 0 spiro atoms. The van der Waals surface area contributed by atoms with E-state index in [1.807, 2.05) is 0 Å². The summed E-state index contributed by atoms with van der Waals surface area (Å²) in [5.74, 6) is 0.669. The number of sulfonamides is 1. The van der Waals surface area contributed by atoms with E-state index in [1.165, 1.54) is 6.26 Å². The second kappa shape index (κ2) is 6.37. The molecule has 0 amide bonds. The summed E-state index contributed by atoms with van der Waals surface area (Å²) in [6, 6.07) is 0. The smallest absolute Gasteiger partial charge is 0.211 e. The number of aliphatic hydroxyl groups excluding tert-OH is 1. The normalized spacial score (nSPS) is 31.3. The maximum Gasteiger partial charge on any atom is 0.211 e. The van der Waals surface area contributed by atoms with Crippen LogP contribution in [-0.2, 0) is 10.0 Å². The molecule has 0 radical (unpaired) electrons. The van der Waals surface area contributed by atoms with Gasteiger partial charge >= 0.3 is 0 Å². The first-order valence-corrected chi connectivity index (χ1v) is 9.10. The summed E-state index contributed by atoms with van der Waals surface area (Å²) in [5.41, 5.74) is 0. The second-order valence-corrected chi connectivity index (χ2v) is 7.96. The summed E-state index contributed by atoms with van der Waals surface area (Å²) in [7, 11) is -3.08. The molecule has 110 valence electrons. The number of allylic oxidation sites excluding steroid dienone is 2. The highest BCUT2D eigenvalue weighted by Crippen LogP contribution is 2.29. The molecule has 3 unspecified atom stereocenters.